The van der Waals surface area contributed by atoms with E-state index >= 15 is 0 Å². The first kappa shape index (κ1) is 13.0. The van der Waals surface area contributed by atoms with Crippen LogP contribution >= 0.6 is 11.8 Å². The quantitative estimate of drug-likeness (QED) is 0.592. The fourth-order valence-corrected chi connectivity index (χ4v) is 1.45. The van der Waals surface area contributed by atoms with Gasteiger partial charge in [0.05, 0.1) is 6.20 Å². The number of thioether (sulfide) groups is 1. The Morgan fingerprint density at radius 1 is 1.56 bits per heavy atom. The van der Waals surface area contributed by atoms with Gasteiger partial charge in [0, 0.05) is 6.54 Å². The van der Waals surface area contributed by atoms with Crippen LogP contribution in [-0.2, 0) is 6.54 Å². The molecule has 0 aliphatic rings. The first-order chi connectivity index (χ1) is 7.45. The maximum atomic E-state index is 12.0. The lowest BCUT2D eigenvalue weighted by atomic mass is 10.3. The van der Waals surface area contributed by atoms with Crippen molar-refractivity contribution < 1.29 is 18.0 Å². The van der Waals surface area contributed by atoms with Gasteiger partial charge in [0.25, 0.3) is 5.78 Å². The Balaban J connectivity index is 2.61. The van der Waals surface area contributed by atoms with Crippen molar-refractivity contribution in [2.45, 2.75) is 19.1 Å². The molecule has 0 saturated carbocycles. The summed E-state index contributed by atoms with van der Waals surface area (Å²) in [7, 11) is 0. The molecule has 0 aliphatic carbocycles. The maximum absolute atomic E-state index is 12.0. The highest BCUT2D eigenvalue weighted by Gasteiger charge is 2.41. The Bertz CT molecular complexity index is 364. The predicted molar refractivity (Wildman–Crippen MR) is 53.4 cm³/mol. The molecular formula is C8H10F3N3OS. The molecule has 16 heavy (non-hydrogen) atoms. The minimum atomic E-state index is -4.89. The van der Waals surface area contributed by atoms with Crippen LogP contribution in [0.2, 0.25) is 0 Å². The van der Waals surface area contributed by atoms with Crippen molar-refractivity contribution in [1.29, 1.82) is 0 Å². The molecule has 1 rings (SSSR count). The molecule has 90 valence electrons. The minimum Gasteiger partial charge on any atom is -0.282 e. The van der Waals surface area contributed by atoms with Gasteiger partial charge in [-0.3, -0.25) is 9.48 Å². The number of rotatable bonds is 5. The van der Waals surface area contributed by atoms with Gasteiger partial charge in [-0.1, -0.05) is 5.21 Å². The van der Waals surface area contributed by atoms with Crippen LogP contribution < -0.4 is 0 Å². The highest BCUT2D eigenvalue weighted by molar-refractivity contribution is 7.98. The number of nitrogens with zero attached hydrogens (tertiary/aromatic N) is 3. The van der Waals surface area contributed by atoms with Crippen LogP contribution in [0, 0.1) is 0 Å². The van der Waals surface area contributed by atoms with E-state index < -0.39 is 17.7 Å². The van der Waals surface area contributed by atoms with E-state index in [0.29, 0.717) is 6.54 Å². The van der Waals surface area contributed by atoms with E-state index in [1.807, 2.05) is 6.26 Å². The minimum absolute atomic E-state index is 0.457. The van der Waals surface area contributed by atoms with Crippen LogP contribution in [0.15, 0.2) is 6.20 Å². The normalized spacial score (nSPS) is 11.8. The third-order valence-corrected chi connectivity index (χ3v) is 2.46. The first-order valence-electron chi connectivity index (χ1n) is 4.45. The second-order valence-corrected chi connectivity index (χ2v) is 4.03. The second kappa shape index (κ2) is 5.33. The molecule has 0 aliphatic heterocycles. The van der Waals surface area contributed by atoms with E-state index in [4.69, 9.17) is 0 Å². The molecule has 0 radical (unpaired) electrons. The van der Waals surface area contributed by atoms with E-state index in [9.17, 15) is 18.0 Å². The third kappa shape index (κ3) is 3.51. The lowest BCUT2D eigenvalue weighted by Gasteiger charge is -2.00. The molecule has 1 aromatic rings. The molecular weight excluding hydrogens is 243 g/mol. The summed E-state index contributed by atoms with van der Waals surface area (Å²) in [6.45, 7) is 0.457. The number of hydrogen-bond donors (Lipinski definition) is 0. The highest BCUT2D eigenvalue weighted by atomic mass is 32.2. The molecule has 0 spiro atoms. The highest BCUT2D eigenvalue weighted by Crippen LogP contribution is 2.19. The molecule has 8 heteroatoms. The van der Waals surface area contributed by atoms with Gasteiger partial charge in [-0.25, -0.2) is 0 Å². The van der Waals surface area contributed by atoms with Crippen LogP contribution in [0.3, 0.4) is 0 Å². The summed E-state index contributed by atoms with van der Waals surface area (Å²) in [5, 5.41) is 6.66. The van der Waals surface area contributed by atoms with Crippen molar-refractivity contribution in [2.24, 2.45) is 0 Å². The van der Waals surface area contributed by atoms with Crippen molar-refractivity contribution in [2.75, 3.05) is 12.0 Å². The lowest BCUT2D eigenvalue weighted by molar-refractivity contribution is -0.0888. The molecule has 0 unspecified atom stereocenters. The fourth-order valence-electron chi connectivity index (χ4n) is 1.03. The number of carbonyl (C=O) groups is 1. The SMILES string of the molecule is CSCCCn1cc(C(=O)C(F)(F)F)nn1. The van der Waals surface area contributed by atoms with Crippen molar-refractivity contribution in [3.05, 3.63) is 11.9 Å². The van der Waals surface area contributed by atoms with Gasteiger partial charge in [-0.15, -0.1) is 5.10 Å². The van der Waals surface area contributed by atoms with Crippen molar-refractivity contribution in [3.63, 3.8) is 0 Å². The zero-order chi connectivity index (χ0) is 12.2. The number of hydrogen-bond acceptors (Lipinski definition) is 4. The molecule has 0 saturated heterocycles. The van der Waals surface area contributed by atoms with Crippen molar-refractivity contribution >= 4 is 17.5 Å². The molecule has 0 bridgehead atoms. The summed E-state index contributed by atoms with van der Waals surface area (Å²) in [6, 6.07) is 0. The Morgan fingerprint density at radius 3 is 2.81 bits per heavy atom. The molecule has 0 fully saturated rings. The molecule has 1 heterocycles. The average Bonchev–Trinajstić information content (AvgIpc) is 2.64. The Labute approximate surface area is 94.2 Å². The van der Waals surface area contributed by atoms with Crippen molar-refractivity contribution in [1.82, 2.24) is 15.0 Å². The summed E-state index contributed by atoms with van der Waals surface area (Å²) in [6.07, 6.45) is -1.17. The largest absolute Gasteiger partial charge is 0.456 e. The molecule has 0 amide bonds. The number of halogens is 3. The topological polar surface area (TPSA) is 47.8 Å². The van der Waals surface area contributed by atoms with Gasteiger partial charge in [0.2, 0.25) is 0 Å². The van der Waals surface area contributed by atoms with Crippen LogP contribution in [0.25, 0.3) is 0 Å². The summed E-state index contributed by atoms with van der Waals surface area (Å²) >= 11 is 1.63. The monoisotopic (exact) mass is 253 g/mol. The standard InChI is InChI=1S/C8H10F3N3OS/c1-16-4-2-3-14-5-6(12-13-14)7(15)8(9,10)11/h5H,2-4H2,1H3. The third-order valence-electron chi connectivity index (χ3n) is 1.76. The van der Waals surface area contributed by atoms with Gasteiger partial charge in [0.15, 0.2) is 5.69 Å². The average molecular weight is 253 g/mol. The van der Waals surface area contributed by atoms with E-state index in [-0.39, 0.29) is 0 Å². The van der Waals surface area contributed by atoms with Crippen LogP contribution in [-0.4, -0.2) is 39.0 Å². The zero-order valence-electron chi connectivity index (χ0n) is 8.49. The Morgan fingerprint density at radius 2 is 2.25 bits per heavy atom. The maximum Gasteiger partial charge on any atom is 0.456 e. The molecule has 1 aromatic heterocycles. The van der Waals surface area contributed by atoms with E-state index in [1.165, 1.54) is 4.68 Å². The predicted octanol–water partition coefficient (Wildman–Crippen LogP) is 1.78. The van der Waals surface area contributed by atoms with Crippen LogP contribution in [0.4, 0.5) is 13.2 Å². The van der Waals surface area contributed by atoms with Crippen molar-refractivity contribution in [3.8, 4) is 0 Å². The van der Waals surface area contributed by atoms with Gasteiger partial charge in [-0.2, -0.15) is 24.9 Å². The smallest absolute Gasteiger partial charge is 0.282 e. The molecule has 0 N–H and O–H groups in total. The number of Topliss-reactive ketones (excluding diaryl/α,β-unsaturated/α-hetero) is 1. The first-order valence-corrected chi connectivity index (χ1v) is 5.85. The second-order valence-electron chi connectivity index (χ2n) is 3.04. The van der Waals surface area contributed by atoms with Crippen LogP contribution in [0.5, 0.6) is 0 Å². The summed E-state index contributed by atoms with van der Waals surface area (Å²) in [4.78, 5) is 10.8. The number of ketones is 1. The molecule has 4 nitrogen and oxygen atoms in total. The van der Waals surface area contributed by atoms with Gasteiger partial charge < -0.3 is 0 Å². The van der Waals surface area contributed by atoms with Gasteiger partial charge in [-0.05, 0) is 18.4 Å². The zero-order valence-corrected chi connectivity index (χ0v) is 9.31. The van der Waals surface area contributed by atoms with Crippen LogP contribution in [0.1, 0.15) is 16.9 Å². The van der Waals surface area contributed by atoms with E-state index in [1.54, 1.807) is 11.8 Å². The lowest BCUT2D eigenvalue weighted by Crippen LogP contribution is -2.23. The summed E-state index contributed by atoms with van der Waals surface area (Å²) < 4.78 is 37.3. The number of aromatic nitrogens is 3. The van der Waals surface area contributed by atoms with E-state index in [2.05, 4.69) is 10.3 Å². The van der Waals surface area contributed by atoms with Gasteiger partial charge >= 0.3 is 6.18 Å². The molecule has 0 atom stereocenters. The van der Waals surface area contributed by atoms with E-state index in [0.717, 1.165) is 18.4 Å². The summed E-state index contributed by atoms with van der Waals surface area (Å²) in [5.41, 5.74) is -0.656. The fraction of sp³-hybridized carbons (Fsp3) is 0.625. The molecule has 0 aromatic carbocycles. The summed E-state index contributed by atoms with van der Waals surface area (Å²) in [5.74, 6) is -1.08. The number of aryl methyl sites for hydroxylation is 1. The number of alkyl halides is 3. The Hall–Kier alpha value is -1.05. The van der Waals surface area contributed by atoms with Gasteiger partial charge in [0.1, 0.15) is 0 Å². The number of carbonyl (C=O) groups excluding carboxylic acids is 1. The Kier molecular flexibility index (Phi) is 4.34.